The molecular weight excluding hydrogens is 376 g/mol. The van der Waals surface area contributed by atoms with E-state index < -0.39 is 33.3 Å². The van der Waals surface area contributed by atoms with Crippen LogP contribution in [0.2, 0.25) is 0 Å². The Morgan fingerprint density at radius 1 is 1.00 bits per heavy atom. The molecular formula is C21H24N2O6. The number of carbonyl (C=O) groups excluding carboxylic acids is 1. The van der Waals surface area contributed by atoms with Crippen LogP contribution in [0, 0.1) is 25.6 Å². The fourth-order valence-corrected chi connectivity index (χ4v) is 3.23. The predicted octanol–water partition coefficient (Wildman–Crippen LogP) is 5.27. The van der Waals surface area contributed by atoms with Gasteiger partial charge in [-0.3, -0.25) is 20.2 Å². The molecule has 0 bridgehead atoms. The molecule has 154 valence electrons. The van der Waals surface area contributed by atoms with Crippen molar-refractivity contribution < 1.29 is 19.4 Å². The van der Waals surface area contributed by atoms with Crippen molar-refractivity contribution in [1.29, 1.82) is 0 Å². The van der Waals surface area contributed by atoms with Gasteiger partial charge in [0.2, 0.25) is 0 Å². The second-order valence-electron chi connectivity index (χ2n) is 8.03. The summed E-state index contributed by atoms with van der Waals surface area (Å²) < 4.78 is 5.47. The van der Waals surface area contributed by atoms with Gasteiger partial charge in [-0.25, -0.2) is 4.79 Å². The second kappa shape index (κ2) is 8.81. The summed E-state index contributed by atoms with van der Waals surface area (Å²) in [4.78, 5) is 33.0. The molecule has 2 aromatic rings. The zero-order valence-electron chi connectivity index (χ0n) is 16.8. The Balaban J connectivity index is 2.21. The molecule has 2 rings (SSSR count). The number of rotatable bonds is 7. The standard InChI is InChI=1S/C21H24N2O6/c1-14(10-19(21(2,3)4)15-8-6-5-7-9-15)29-20(24)16-11-17(22(25)26)13-18(12-16)23(27)28/h5-9,11-14,19H,10H2,1-4H3. The van der Waals surface area contributed by atoms with Crippen molar-refractivity contribution in [3.8, 4) is 0 Å². The summed E-state index contributed by atoms with van der Waals surface area (Å²) in [5, 5.41) is 22.0. The van der Waals surface area contributed by atoms with Gasteiger partial charge in [0.15, 0.2) is 0 Å². The zero-order valence-corrected chi connectivity index (χ0v) is 16.8. The maximum atomic E-state index is 12.5. The maximum absolute atomic E-state index is 12.5. The molecule has 8 nitrogen and oxygen atoms in total. The van der Waals surface area contributed by atoms with Crippen LogP contribution in [0.5, 0.6) is 0 Å². The maximum Gasteiger partial charge on any atom is 0.338 e. The van der Waals surface area contributed by atoms with E-state index in [4.69, 9.17) is 4.74 Å². The molecule has 0 aliphatic rings. The van der Waals surface area contributed by atoms with Crippen molar-refractivity contribution in [2.75, 3.05) is 0 Å². The third-order valence-corrected chi connectivity index (χ3v) is 4.68. The number of non-ortho nitro benzene ring substituents is 2. The largest absolute Gasteiger partial charge is 0.459 e. The topological polar surface area (TPSA) is 113 Å². The molecule has 0 heterocycles. The highest BCUT2D eigenvalue weighted by atomic mass is 16.6. The molecule has 0 fully saturated rings. The average molecular weight is 400 g/mol. The van der Waals surface area contributed by atoms with Crippen LogP contribution in [0.4, 0.5) is 11.4 Å². The minimum atomic E-state index is -0.829. The Morgan fingerprint density at radius 2 is 1.52 bits per heavy atom. The summed E-state index contributed by atoms with van der Waals surface area (Å²) >= 11 is 0. The van der Waals surface area contributed by atoms with Gasteiger partial charge in [-0.05, 0) is 30.2 Å². The zero-order chi connectivity index (χ0) is 21.8. The van der Waals surface area contributed by atoms with Crippen molar-refractivity contribution in [2.45, 2.75) is 46.1 Å². The lowest BCUT2D eigenvalue weighted by Gasteiger charge is -2.33. The Bertz CT molecular complexity index is 873. The van der Waals surface area contributed by atoms with Gasteiger partial charge in [-0.15, -0.1) is 0 Å². The molecule has 2 atom stereocenters. The van der Waals surface area contributed by atoms with Gasteiger partial charge >= 0.3 is 5.97 Å². The van der Waals surface area contributed by atoms with Gasteiger partial charge in [0.05, 0.1) is 27.6 Å². The third kappa shape index (κ3) is 5.84. The first kappa shape index (κ1) is 22.0. The van der Waals surface area contributed by atoms with E-state index in [2.05, 4.69) is 20.8 Å². The fourth-order valence-electron chi connectivity index (χ4n) is 3.23. The van der Waals surface area contributed by atoms with Crippen LogP contribution in [-0.2, 0) is 4.74 Å². The first-order valence-corrected chi connectivity index (χ1v) is 9.19. The summed E-state index contributed by atoms with van der Waals surface area (Å²) in [5.41, 5.74) is -0.253. The van der Waals surface area contributed by atoms with Crippen LogP contribution in [0.25, 0.3) is 0 Å². The molecule has 0 N–H and O–H groups in total. The molecule has 0 radical (unpaired) electrons. The van der Waals surface area contributed by atoms with E-state index in [1.165, 1.54) is 0 Å². The Hall–Kier alpha value is -3.29. The average Bonchev–Trinajstić information content (AvgIpc) is 2.65. The minimum Gasteiger partial charge on any atom is -0.459 e. The highest BCUT2D eigenvalue weighted by Gasteiger charge is 2.29. The summed E-state index contributed by atoms with van der Waals surface area (Å²) in [6.07, 6.45) is 0.0428. The number of hydrogen-bond donors (Lipinski definition) is 0. The van der Waals surface area contributed by atoms with Crippen molar-refractivity contribution in [3.63, 3.8) is 0 Å². The number of hydrogen-bond acceptors (Lipinski definition) is 6. The molecule has 0 amide bonds. The Kier molecular flexibility index (Phi) is 6.68. The van der Waals surface area contributed by atoms with Gasteiger partial charge < -0.3 is 4.74 Å². The van der Waals surface area contributed by atoms with Crippen molar-refractivity contribution >= 4 is 17.3 Å². The Labute approximate surface area is 168 Å². The SMILES string of the molecule is CC(CC(c1ccccc1)C(C)(C)C)OC(=O)c1cc([N+](=O)[O-])cc([N+](=O)[O-])c1. The highest BCUT2D eigenvalue weighted by molar-refractivity contribution is 5.91. The number of esters is 1. The third-order valence-electron chi connectivity index (χ3n) is 4.68. The minimum absolute atomic E-state index is 0.0909. The van der Waals surface area contributed by atoms with Crippen molar-refractivity contribution in [3.05, 3.63) is 79.9 Å². The highest BCUT2D eigenvalue weighted by Crippen LogP contribution is 2.39. The molecule has 2 unspecified atom stereocenters. The summed E-state index contributed by atoms with van der Waals surface area (Å²) in [7, 11) is 0. The van der Waals surface area contributed by atoms with Crippen LogP contribution >= 0.6 is 0 Å². The lowest BCUT2D eigenvalue weighted by atomic mass is 9.74. The number of nitro groups is 2. The molecule has 8 heteroatoms. The normalized spacial score (nSPS) is 13.4. The van der Waals surface area contributed by atoms with Crippen LogP contribution < -0.4 is 0 Å². The van der Waals surface area contributed by atoms with Crippen LogP contribution in [0.1, 0.15) is 56.0 Å². The monoisotopic (exact) mass is 400 g/mol. The summed E-state index contributed by atoms with van der Waals surface area (Å²) in [6, 6.07) is 12.7. The first-order chi connectivity index (χ1) is 13.5. The molecule has 0 saturated carbocycles. The van der Waals surface area contributed by atoms with Crippen LogP contribution in [0.3, 0.4) is 0 Å². The molecule has 0 saturated heterocycles. The molecule has 0 spiro atoms. The van der Waals surface area contributed by atoms with Gasteiger partial charge in [-0.2, -0.15) is 0 Å². The van der Waals surface area contributed by atoms with Crippen molar-refractivity contribution in [1.82, 2.24) is 0 Å². The second-order valence-corrected chi connectivity index (χ2v) is 8.03. The van der Waals surface area contributed by atoms with Gasteiger partial charge in [-0.1, -0.05) is 51.1 Å². The number of nitro benzene ring substituents is 2. The number of nitrogens with zero attached hydrogens (tertiary/aromatic N) is 2. The van der Waals surface area contributed by atoms with E-state index in [1.54, 1.807) is 6.92 Å². The van der Waals surface area contributed by atoms with Crippen molar-refractivity contribution in [2.24, 2.45) is 5.41 Å². The fraction of sp³-hybridized carbons (Fsp3) is 0.381. The first-order valence-electron chi connectivity index (χ1n) is 9.19. The molecule has 0 aliphatic carbocycles. The number of carbonyl (C=O) groups is 1. The smallest absolute Gasteiger partial charge is 0.338 e. The Morgan fingerprint density at radius 3 is 1.97 bits per heavy atom. The lowest BCUT2D eigenvalue weighted by molar-refractivity contribution is -0.394. The van der Waals surface area contributed by atoms with Gasteiger partial charge in [0.25, 0.3) is 11.4 Å². The number of benzene rings is 2. The van der Waals surface area contributed by atoms with Gasteiger partial charge in [0, 0.05) is 12.1 Å². The van der Waals surface area contributed by atoms with E-state index >= 15 is 0 Å². The molecule has 29 heavy (non-hydrogen) atoms. The summed E-state index contributed by atoms with van der Waals surface area (Å²) in [5.74, 6) is -0.726. The molecule has 0 aliphatic heterocycles. The van der Waals surface area contributed by atoms with E-state index in [9.17, 15) is 25.0 Å². The van der Waals surface area contributed by atoms with E-state index in [1.807, 2.05) is 30.3 Å². The lowest BCUT2D eigenvalue weighted by Crippen LogP contribution is -2.25. The predicted molar refractivity (Wildman–Crippen MR) is 108 cm³/mol. The van der Waals surface area contributed by atoms with Crippen LogP contribution in [0.15, 0.2) is 48.5 Å². The van der Waals surface area contributed by atoms with E-state index in [0.717, 1.165) is 23.8 Å². The number of ether oxygens (including phenoxy) is 1. The summed E-state index contributed by atoms with van der Waals surface area (Å²) in [6.45, 7) is 8.04. The molecule has 2 aromatic carbocycles. The quantitative estimate of drug-likeness (QED) is 0.355. The van der Waals surface area contributed by atoms with E-state index in [-0.39, 0.29) is 16.9 Å². The molecule has 0 aromatic heterocycles. The van der Waals surface area contributed by atoms with Crippen LogP contribution in [-0.4, -0.2) is 21.9 Å². The van der Waals surface area contributed by atoms with E-state index in [0.29, 0.717) is 6.42 Å². The van der Waals surface area contributed by atoms with Gasteiger partial charge in [0.1, 0.15) is 0 Å².